The highest BCUT2D eigenvalue weighted by Gasteiger charge is 2.05. The Morgan fingerprint density at radius 3 is 2.62 bits per heavy atom. The van der Waals surface area contributed by atoms with Crippen molar-refractivity contribution in [2.75, 3.05) is 18.5 Å². The SMILES string of the molecule is CCNCc1ccc(N(C)Cc2cccc(F)c2)cc1C. The monoisotopic (exact) mass is 286 g/mol. The molecule has 2 rings (SSSR count). The van der Waals surface area contributed by atoms with E-state index in [4.69, 9.17) is 0 Å². The van der Waals surface area contributed by atoms with Crippen LogP contribution < -0.4 is 10.2 Å². The zero-order chi connectivity index (χ0) is 15.2. The van der Waals surface area contributed by atoms with Crippen LogP contribution in [0.15, 0.2) is 42.5 Å². The fourth-order valence-corrected chi connectivity index (χ4v) is 2.38. The van der Waals surface area contributed by atoms with Crippen molar-refractivity contribution in [2.45, 2.75) is 26.9 Å². The van der Waals surface area contributed by atoms with Gasteiger partial charge in [0.2, 0.25) is 0 Å². The van der Waals surface area contributed by atoms with E-state index in [-0.39, 0.29) is 5.82 Å². The molecule has 0 aliphatic heterocycles. The summed E-state index contributed by atoms with van der Waals surface area (Å²) in [7, 11) is 2.03. The largest absolute Gasteiger partial charge is 0.370 e. The van der Waals surface area contributed by atoms with E-state index in [1.807, 2.05) is 13.1 Å². The molecule has 0 aliphatic rings. The van der Waals surface area contributed by atoms with Crippen LogP contribution in [0.2, 0.25) is 0 Å². The lowest BCUT2D eigenvalue weighted by Crippen LogP contribution is -2.17. The Morgan fingerprint density at radius 2 is 1.95 bits per heavy atom. The van der Waals surface area contributed by atoms with Gasteiger partial charge in [-0.05, 0) is 54.4 Å². The minimum atomic E-state index is -0.182. The number of halogens is 1. The van der Waals surface area contributed by atoms with Crippen LogP contribution in [0.5, 0.6) is 0 Å². The summed E-state index contributed by atoms with van der Waals surface area (Å²) in [4.78, 5) is 2.14. The standard InChI is InChI=1S/C18H23FN2/c1-4-20-12-16-8-9-18(10-14(16)2)21(3)13-15-6-5-7-17(19)11-15/h5-11,20H,4,12-13H2,1-3H3. The van der Waals surface area contributed by atoms with Crippen molar-refractivity contribution < 1.29 is 4.39 Å². The number of benzene rings is 2. The maximum atomic E-state index is 13.2. The van der Waals surface area contributed by atoms with Gasteiger partial charge in [0.15, 0.2) is 0 Å². The second-order valence-electron chi connectivity index (χ2n) is 5.38. The number of hydrogen-bond donors (Lipinski definition) is 1. The number of aryl methyl sites for hydroxylation is 1. The predicted molar refractivity (Wildman–Crippen MR) is 87.1 cm³/mol. The van der Waals surface area contributed by atoms with Gasteiger partial charge in [0.1, 0.15) is 5.82 Å². The molecule has 0 amide bonds. The van der Waals surface area contributed by atoms with Crippen LogP contribution >= 0.6 is 0 Å². The average molecular weight is 286 g/mol. The number of hydrogen-bond acceptors (Lipinski definition) is 2. The second kappa shape index (κ2) is 7.23. The van der Waals surface area contributed by atoms with E-state index in [2.05, 4.69) is 42.3 Å². The molecule has 0 atom stereocenters. The van der Waals surface area contributed by atoms with E-state index in [9.17, 15) is 4.39 Å². The van der Waals surface area contributed by atoms with Gasteiger partial charge in [0.05, 0.1) is 0 Å². The first-order chi connectivity index (χ1) is 10.1. The molecule has 3 heteroatoms. The van der Waals surface area contributed by atoms with Gasteiger partial charge in [-0.1, -0.05) is 25.1 Å². The third-order valence-electron chi connectivity index (χ3n) is 3.64. The summed E-state index contributed by atoms with van der Waals surface area (Å²) in [6.45, 7) is 6.81. The lowest BCUT2D eigenvalue weighted by molar-refractivity contribution is 0.625. The van der Waals surface area contributed by atoms with Crippen LogP contribution in [0.3, 0.4) is 0 Å². The van der Waals surface area contributed by atoms with Gasteiger partial charge in [0.25, 0.3) is 0 Å². The molecule has 0 unspecified atom stereocenters. The summed E-state index contributed by atoms with van der Waals surface area (Å²) in [6.07, 6.45) is 0. The summed E-state index contributed by atoms with van der Waals surface area (Å²) in [5.41, 5.74) is 4.73. The molecule has 112 valence electrons. The molecule has 0 fully saturated rings. The molecule has 2 aromatic carbocycles. The summed E-state index contributed by atoms with van der Waals surface area (Å²) in [6, 6.07) is 13.2. The summed E-state index contributed by atoms with van der Waals surface area (Å²) >= 11 is 0. The normalized spacial score (nSPS) is 10.7. The first-order valence-corrected chi connectivity index (χ1v) is 7.36. The Balaban J connectivity index is 2.08. The van der Waals surface area contributed by atoms with Gasteiger partial charge >= 0.3 is 0 Å². The molecule has 0 bridgehead atoms. The first kappa shape index (κ1) is 15.5. The minimum absolute atomic E-state index is 0.182. The molecule has 0 radical (unpaired) electrons. The van der Waals surface area contributed by atoms with Crippen molar-refractivity contribution in [3.05, 3.63) is 65.0 Å². The summed E-state index contributed by atoms with van der Waals surface area (Å²) < 4.78 is 13.2. The Labute approximate surface area is 126 Å². The Bertz CT molecular complexity index is 596. The summed E-state index contributed by atoms with van der Waals surface area (Å²) in [5, 5.41) is 3.34. The van der Waals surface area contributed by atoms with E-state index in [1.165, 1.54) is 17.2 Å². The van der Waals surface area contributed by atoms with Crippen LogP contribution in [-0.4, -0.2) is 13.6 Å². The highest BCUT2D eigenvalue weighted by molar-refractivity contribution is 5.50. The van der Waals surface area contributed by atoms with E-state index >= 15 is 0 Å². The molecule has 0 spiro atoms. The van der Waals surface area contributed by atoms with Gasteiger partial charge in [-0.15, -0.1) is 0 Å². The van der Waals surface area contributed by atoms with Gasteiger partial charge in [-0.2, -0.15) is 0 Å². The molecule has 0 heterocycles. The highest BCUT2D eigenvalue weighted by Crippen LogP contribution is 2.20. The molecular formula is C18H23FN2. The number of nitrogens with one attached hydrogen (secondary N) is 1. The molecule has 2 aromatic rings. The van der Waals surface area contributed by atoms with E-state index in [0.29, 0.717) is 6.54 Å². The third-order valence-corrected chi connectivity index (χ3v) is 3.64. The number of rotatable bonds is 6. The van der Waals surface area contributed by atoms with Crippen LogP contribution in [0, 0.1) is 12.7 Å². The number of nitrogens with zero attached hydrogens (tertiary/aromatic N) is 1. The smallest absolute Gasteiger partial charge is 0.123 e. The predicted octanol–water partition coefficient (Wildman–Crippen LogP) is 3.88. The second-order valence-corrected chi connectivity index (χ2v) is 5.38. The van der Waals surface area contributed by atoms with Crippen LogP contribution in [0.4, 0.5) is 10.1 Å². The maximum absolute atomic E-state index is 13.2. The molecule has 0 aromatic heterocycles. The van der Waals surface area contributed by atoms with Crippen molar-refractivity contribution in [3.8, 4) is 0 Å². The Kier molecular flexibility index (Phi) is 5.34. The first-order valence-electron chi connectivity index (χ1n) is 7.36. The van der Waals surface area contributed by atoms with E-state index in [0.717, 1.165) is 24.3 Å². The molecular weight excluding hydrogens is 263 g/mol. The van der Waals surface area contributed by atoms with Gasteiger partial charge in [-0.3, -0.25) is 0 Å². The third kappa shape index (κ3) is 4.30. The van der Waals surface area contributed by atoms with Crippen molar-refractivity contribution in [3.63, 3.8) is 0 Å². The topological polar surface area (TPSA) is 15.3 Å². The molecule has 0 aliphatic carbocycles. The van der Waals surface area contributed by atoms with Gasteiger partial charge < -0.3 is 10.2 Å². The molecule has 1 N–H and O–H groups in total. The lowest BCUT2D eigenvalue weighted by Gasteiger charge is -2.21. The van der Waals surface area contributed by atoms with Crippen LogP contribution in [0.1, 0.15) is 23.6 Å². The molecule has 0 saturated heterocycles. The minimum Gasteiger partial charge on any atom is -0.370 e. The zero-order valence-corrected chi connectivity index (χ0v) is 13.0. The Morgan fingerprint density at radius 1 is 1.14 bits per heavy atom. The van der Waals surface area contributed by atoms with Crippen molar-refractivity contribution >= 4 is 5.69 Å². The summed E-state index contributed by atoms with van der Waals surface area (Å²) in [5.74, 6) is -0.182. The van der Waals surface area contributed by atoms with Crippen LogP contribution in [0.25, 0.3) is 0 Å². The fourth-order valence-electron chi connectivity index (χ4n) is 2.38. The maximum Gasteiger partial charge on any atom is 0.123 e. The van der Waals surface area contributed by atoms with Gasteiger partial charge in [0, 0.05) is 25.8 Å². The van der Waals surface area contributed by atoms with Gasteiger partial charge in [-0.25, -0.2) is 4.39 Å². The van der Waals surface area contributed by atoms with E-state index < -0.39 is 0 Å². The zero-order valence-electron chi connectivity index (χ0n) is 13.0. The Hall–Kier alpha value is -1.87. The lowest BCUT2D eigenvalue weighted by atomic mass is 10.1. The molecule has 2 nitrogen and oxygen atoms in total. The van der Waals surface area contributed by atoms with Crippen molar-refractivity contribution in [1.29, 1.82) is 0 Å². The van der Waals surface area contributed by atoms with Crippen molar-refractivity contribution in [1.82, 2.24) is 5.32 Å². The molecule has 21 heavy (non-hydrogen) atoms. The fraction of sp³-hybridized carbons (Fsp3) is 0.333. The average Bonchev–Trinajstić information content (AvgIpc) is 2.46. The van der Waals surface area contributed by atoms with Crippen LogP contribution in [-0.2, 0) is 13.1 Å². The van der Waals surface area contributed by atoms with E-state index in [1.54, 1.807) is 12.1 Å². The number of anilines is 1. The quantitative estimate of drug-likeness (QED) is 0.867. The van der Waals surface area contributed by atoms with Crippen molar-refractivity contribution in [2.24, 2.45) is 0 Å². The molecule has 0 saturated carbocycles. The highest BCUT2D eigenvalue weighted by atomic mass is 19.1.